The Morgan fingerprint density at radius 1 is 1.23 bits per heavy atom. The normalized spacial score (nSPS) is 13.4. The lowest BCUT2D eigenvalue weighted by molar-refractivity contribution is 0.0984. The zero-order valence-corrected chi connectivity index (χ0v) is 13.0. The number of benzene rings is 1. The molecule has 22 heavy (non-hydrogen) atoms. The van der Waals surface area contributed by atoms with Crippen LogP contribution in [-0.2, 0) is 13.5 Å². The van der Waals surface area contributed by atoms with Crippen LogP contribution < -0.4 is 4.90 Å². The van der Waals surface area contributed by atoms with Crippen LogP contribution in [0.25, 0.3) is 10.6 Å². The van der Waals surface area contributed by atoms with Gasteiger partial charge in [0.2, 0.25) is 0 Å². The lowest BCUT2D eigenvalue weighted by Crippen LogP contribution is -2.29. The van der Waals surface area contributed by atoms with Crippen LogP contribution >= 0.6 is 11.3 Å². The molecule has 0 saturated heterocycles. The quantitative estimate of drug-likeness (QED) is 0.728. The number of nitrogens with zero attached hydrogens (tertiary/aromatic N) is 3. The van der Waals surface area contributed by atoms with Crippen molar-refractivity contribution < 1.29 is 4.79 Å². The highest BCUT2D eigenvalue weighted by atomic mass is 32.1. The largest absolute Gasteiger partial charge is 0.306 e. The van der Waals surface area contributed by atoms with E-state index in [-0.39, 0.29) is 5.91 Å². The van der Waals surface area contributed by atoms with E-state index in [9.17, 15) is 4.79 Å². The van der Waals surface area contributed by atoms with Crippen molar-refractivity contribution in [2.45, 2.75) is 6.42 Å². The standard InChI is InChI=1S/C17H15N3OS/c1-19-15(16-7-4-10-22-16)11-13(18-19)17(21)20-9-8-12-5-2-3-6-14(12)20/h2-7,10-11H,8-9H2,1H3. The van der Waals surface area contributed by atoms with Gasteiger partial charge in [0, 0.05) is 19.3 Å². The highest BCUT2D eigenvalue weighted by Gasteiger charge is 2.27. The first-order valence-electron chi connectivity index (χ1n) is 7.22. The molecule has 0 atom stereocenters. The second kappa shape index (κ2) is 5.10. The highest BCUT2D eigenvalue weighted by Crippen LogP contribution is 2.30. The molecule has 0 saturated carbocycles. The van der Waals surface area contributed by atoms with Gasteiger partial charge in [-0.2, -0.15) is 5.10 Å². The fraction of sp³-hybridized carbons (Fsp3) is 0.176. The fourth-order valence-corrected chi connectivity index (χ4v) is 3.69. The summed E-state index contributed by atoms with van der Waals surface area (Å²) in [5.41, 5.74) is 3.72. The molecule has 1 aromatic carbocycles. The van der Waals surface area contributed by atoms with Gasteiger partial charge in [-0.1, -0.05) is 24.3 Å². The van der Waals surface area contributed by atoms with E-state index in [0.29, 0.717) is 5.69 Å². The maximum atomic E-state index is 12.8. The number of hydrogen-bond donors (Lipinski definition) is 0. The molecule has 2 aromatic heterocycles. The van der Waals surface area contributed by atoms with Crippen molar-refractivity contribution >= 4 is 22.9 Å². The van der Waals surface area contributed by atoms with Crippen LogP contribution in [0.1, 0.15) is 16.1 Å². The minimum absolute atomic E-state index is 0.0247. The van der Waals surface area contributed by atoms with Gasteiger partial charge < -0.3 is 4.90 Å². The molecule has 4 rings (SSSR count). The second-order valence-electron chi connectivity index (χ2n) is 5.35. The Labute approximate surface area is 132 Å². The third-order valence-corrected chi connectivity index (χ3v) is 4.90. The van der Waals surface area contributed by atoms with Crippen LogP contribution in [0.2, 0.25) is 0 Å². The minimum atomic E-state index is -0.0247. The SMILES string of the molecule is Cn1nc(C(=O)N2CCc3ccccc32)cc1-c1cccs1. The molecule has 1 aliphatic heterocycles. The summed E-state index contributed by atoms with van der Waals surface area (Å²) in [6.45, 7) is 0.725. The lowest BCUT2D eigenvalue weighted by atomic mass is 10.2. The van der Waals surface area contributed by atoms with Crippen molar-refractivity contribution in [3.63, 3.8) is 0 Å². The van der Waals surface area contributed by atoms with Crippen LogP contribution in [0.3, 0.4) is 0 Å². The van der Waals surface area contributed by atoms with Gasteiger partial charge in [0.15, 0.2) is 5.69 Å². The van der Waals surface area contributed by atoms with Crippen molar-refractivity contribution in [2.75, 3.05) is 11.4 Å². The molecule has 3 aromatic rings. The summed E-state index contributed by atoms with van der Waals surface area (Å²) in [6, 6.07) is 14.0. The monoisotopic (exact) mass is 309 g/mol. The number of rotatable bonds is 2. The molecule has 0 fully saturated rings. The Kier molecular flexibility index (Phi) is 3.08. The predicted octanol–water partition coefficient (Wildman–Crippen LogP) is 3.35. The molecule has 1 amide bonds. The smallest absolute Gasteiger partial charge is 0.278 e. The lowest BCUT2D eigenvalue weighted by Gasteiger charge is -2.15. The number of anilines is 1. The summed E-state index contributed by atoms with van der Waals surface area (Å²) in [7, 11) is 1.88. The van der Waals surface area contributed by atoms with Crippen LogP contribution in [0.15, 0.2) is 47.8 Å². The predicted molar refractivity (Wildman–Crippen MR) is 88.3 cm³/mol. The molecule has 0 N–H and O–H groups in total. The summed E-state index contributed by atoms with van der Waals surface area (Å²) in [4.78, 5) is 15.7. The van der Waals surface area contributed by atoms with Crippen molar-refractivity contribution in [3.05, 3.63) is 59.1 Å². The Morgan fingerprint density at radius 3 is 2.91 bits per heavy atom. The van der Waals surface area contributed by atoms with E-state index in [1.807, 2.05) is 53.7 Å². The summed E-state index contributed by atoms with van der Waals surface area (Å²) < 4.78 is 1.78. The highest BCUT2D eigenvalue weighted by molar-refractivity contribution is 7.13. The second-order valence-corrected chi connectivity index (χ2v) is 6.30. The van der Waals surface area contributed by atoms with Crippen molar-refractivity contribution in [1.29, 1.82) is 0 Å². The zero-order valence-electron chi connectivity index (χ0n) is 12.2. The number of hydrogen-bond acceptors (Lipinski definition) is 3. The van der Waals surface area contributed by atoms with Gasteiger partial charge in [0.1, 0.15) is 0 Å². The third kappa shape index (κ3) is 2.05. The molecule has 0 aliphatic carbocycles. The molecular formula is C17H15N3OS. The van der Waals surface area contributed by atoms with E-state index >= 15 is 0 Å². The summed E-state index contributed by atoms with van der Waals surface area (Å²) in [5, 5.41) is 6.44. The molecule has 0 spiro atoms. The Bertz CT molecular complexity index is 835. The van der Waals surface area contributed by atoms with E-state index in [0.717, 1.165) is 29.2 Å². The average Bonchev–Trinajstić information content (AvgIpc) is 3.25. The average molecular weight is 309 g/mol. The van der Waals surface area contributed by atoms with E-state index < -0.39 is 0 Å². The molecule has 0 unspecified atom stereocenters. The summed E-state index contributed by atoms with van der Waals surface area (Å²) in [5.74, 6) is -0.0247. The van der Waals surface area contributed by atoms with Gasteiger partial charge in [0.25, 0.3) is 5.91 Å². The number of amides is 1. The number of thiophene rings is 1. The van der Waals surface area contributed by atoms with Crippen molar-refractivity contribution in [1.82, 2.24) is 9.78 Å². The molecule has 3 heterocycles. The number of aryl methyl sites for hydroxylation is 1. The van der Waals surface area contributed by atoms with Gasteiger partial charge in [-0.15, -0.1) is 11.3 Å². The Hall–Kier alpha value is -2.40. The first-order valence-corrected chi connectivity index (χ1v) is 8.10. The van der Waals surface area contributed by atoms with Gasteiger partial charge in [-0.05, 0) is 35.6 Å². The Morgan fingerprint density at radius 2 is 2.09 bits per heavy atom. The fourth-order valence-electron chi connectivity index (χ4n) is 2.91. The minimum Gasteiger partial charge on any atom is -0.306 e. The molecule has 110 valence electrons. The first-order chi connectivity index (χ1) is 10.7. The van der Waals surface area contributed by atoms with Crippen molar-refractivity contribution in [3.8, 4) is 10.6 Å². The number of aromatic nitrogens is 2. The molecule has 5 heteroatoms. The number of para-hydroxylation sites is 1. The first kappa shape index (κ1) is 13.3. The van der Waals surface area contributed by atoms with Crippen LogP contribution in [0.4, 0.5) is 5.69 Å². The zero-order chi connectivity index (χ0) is 15.1. The summed E-state index contributed by atoms with van der Waals surface area (Å²) >= 11 is 1.65. The topological polar surface area (TPSA) is 38.1 Å². The van der Waals surface area contributed by atoms with Crippen LogP contribution in [0, 0.1) is 0 Å². The third-order valence-electron chi connectivity index (χ3n) is 4.00. The number of carbonyl (C=O) groups is 1. The van der Waals surface area contributed by atoms with Gasteiger partial charge >= 0.3 is 0 Å². The maximum Gasteiger partial charge on any atom is 0.278 e. The molecular weight excluding hydrogens is 294 g/mol. The molecule has 0 bridgehead atoms. The van der Waals surface area contributed by atoms with Gasteiger partial charge in [-0.25, -0.2) is 0 Å². The van der Waals surface area contributed by atoms with Crippen LogP contribution in [-0.4, -0.2) is 22.2 Å². The van der Waals surface area contributed by atoms with E-state index in [1.54, 1.807) is 16.0 Å². The number of carbonyl (C=O) groups excluding carboxylic acids is 1. The van der Waals surface area contributed by atoms with E-state index in [4.69, 9.17) is 0 Å². The maximum absolute atomic E-state index is 12.8. The van der Waals surface area contributed by atoms with E-state index in [2.05, 4.69) is 11.2 Å². The molecule has 4 nitrogen and oxygen atoms in total. The van der Waals surface area contributed by atoms with Gasteiger partial charge in [-0.3, -0.25) is 9.48 Å². The summed E-state index contributed by atoms with van der Waals surface area (Å²) in [6.07, 6.45) is 0.909. The van der Waals surface area contributed by atoms with Crippen molar-refractivity contribution in [2.24, 2.45) is 7.05 Å². The Balaban J connectivity index is 1.69. The van der Waals surface area contributed by atoms with E-state index in [1.165, 1.54) is 5.56 Å². The molecule has 0 radical (unpaired) electrons. The molecule has 1 aliphatic rings. The van der Waals surface area contributed by atoms with Crippen LogP contribution in [0.5, 0.6) is 0 Å². The number of fused-ring (bicyclic) bond motifs is 1. The van der Waals surface area contributed by atoms with Gasteiger partial charge in [0.05, 0.1) is 10.6 Å².